The Hall–Kier alpha value is -1.94. The van der Waals surface area contributed by atoms with Crippen LogP contribution in [-0.2, 0) is 0 Å². The van der Waals surface area contributed by atoms with E-state index in [1.807, 2.05) is 60.5 Å². The summed E-state index contributed by atoms with van der Waals surface area (Å²) in [5.74, 6) is 0.0103. The van der Waals surface area contributed by atoms with Crippen molar-refractivity contribution in [1.29, 1.82) is 0 Å². The zero-order valence-corrected chi connectivity index (χ0v) is 12.2. The first-order valence-corrected chi connectivity index (χ1v) is 7.03. The summed E-state index contributed by atoms with van der Waals surface area (Å²) >= 11 is 4.39. The number of anilines is 2. The standard InChI is InChI=1S/C16H16N2OS/c1-17-10-11-18(14-8-4-3-7-13(14)17)16(19)12-6-2-5-9-15(12)20/h2-9,20H,10-11H2,1H3. The molecule has 0 aromatic heterocycles. The van der Waals surface area contributed by atoms with Gasteiger partial charge in [-0.1, -0.05) is 24.3 Å². The summed E-state index contributed by atoms with van der Waals surface area (Å²) in [7, 11) is 2.05. The second-order valence-corrected chi connectivity index (χ2v) is 5.37. The first kappa shape index (κ1) is 13.1. The fraction of sp³-hybridized carbons (Fsp3) is 0.188. The topological polar surface area (TPSA) is 23.6 Å². The smallest absolute Gasteiger partial charge is 0.259 e. The Balaban J connectivity index is 2.02. The third-order valence-corrected chi connectivity index (χ3v) is 4.01. The molecule has 20 heavy (non-hydrogen) atoms. The average Bonchev–Trinajstić information content (AvgIpc) is 2.48. The Kier molecular flexibility index (Phi) is 3.40. The molecule has 0 fully saturated rings. The number of rotatable bonds is 1. The van der Waals surface area contributed by atoms with Gasteiger partial charge in [-0.3, -0.25) is 4.79 Å². The van der Waals surface area contributed by atoms with Gasteiger partial charge in [0.1, 0.15) is 0 Å². The summed E-state index contributed by atoms with van der Waals surface area (Å²) in [6.07, 6.45) is 0. The van der Waals surface area contributed by atoms with E-state index in [1.165, 1.54) is 0 Å². The van der Waals surface area contributed by atoms with Crippen LogP contribution >= 0.6 is 12.6 Å². The Bertz CT molecular complexity index is 656. The number of para-hydroxylation sites is 2. The van der Waals surface area contributed by atoms with E-state index >= 15 is 0 Å². The normalized spacial score (nSPS) is 14.1. The molecule has 3 rings (SSSR count). The Morgan fingerprint density at radius 2 is 1.65 bits per heavy atom. The molecule has 0 spiro atoms. The van der Waals surface area contributed by atoms with Crippen LogP contribution < -0.4 is 9.80 Å². The molecule has 1 amide bonds. The number of fused-ring (bicyclic) bond motifs is 1. The van der Waals surface area contributed by atoms with E-state index < -0.39 is 0 Å². The maximum atomic E-state index is 12.7. The van der Waals surface area contributed by atoms with E-state index in [1.54, 1.807) is 0 Å². The third-order valence-electron chi connectivity index (χ3n) is 3.62. The molecule has 1 heterocycles. The number of benzene rings is 2. The van der Waals surface area contributed by atoms with Gasteiger partial charge in [0.15, 0.2) is 0 Å². The van der Waals surface area contributed by atoms with Gasteiger partial charge in [0.2, 0.25) is 0 Å². The Morgan fingerprint density at radius 3 is 2.40 bits per heavy atom. The molecule has 1 aliphatic rings. The van der Waals surface area contributed by atoms with E-state index in [2.05, 4.69) is 17.5 Å². The average molecular weight is 284 g/mol. The maximum absolute atomic E-state index is 12.7. The number of thiol groups is 1. The number of nitrogens with zero attached hydrogens (tertiary/aromatic N) is 2. The molecule has 0 radical (unpaired) electrons. The van der Waals surface area contributed by atoms with Gasteiger partial charge in [-0.2, -0.15) is 0 Å². The van der Waals surface area contributed by atoms with Gasteiger partial charge in [-0.25, -0.2) is 0 Å². The van der Waals surface area contributed by atoms with Crippen LogP contribution in [0.2, 0.25) is 0 Å². The largest absolute Gasteiger partial charge is 0.371 e. The molecule has 0 saturated carbocycles. The highest BCUT2D eigenvalue weighted by Crippen LogP contribution is 2.33. The molecule has 0 aliphatic carbocycles. The lowest BCUT2D eigenvalue weighted by Crippen LogP contribution is -2.42. The van der Waals surface area contributed by atoms with Gasteiger partial charge in [-0.05, 0) is 24.3 Å². The van der Waals surface area contributed by atoms with Crippen molar-refractivity contribution in [2.75, 3.05) is 29.9 Å². The van der Waals surface area contributed by atoms with Crippen molar-refractivity contribution < 1.29 is 4.79 Å². The number of likely N-dealkylation sites (N-methyl/N-ethyl adjacent to an activating group) is 1. The summed E-state index contributed by atoms with van der Waals surface area (Å²) in [6, 6.07) is 15.4. The molecular weight excluding hydrogens is 268 g/mol. The second-order valence-electron chi connectivity index (χ2n) is 4.88. The predicted molar refractivity (Wildman–Crippen MR) is 85.1 cm³/mol. The zero-order valence-electron chi connectivity index (χ0n) is 11.3. The molecule has 0 unspecified atom stereocenters. The van der Waals surface area contributed by atoms with E-state index in [0.717, 1.165) is 17.9 Å². The first-order valence-electron chi connectivity index (χ1n) is 6.58. The number of hydrogen-bond acceptors (Lipinski definition) is 3. The van der Waals surface area contributed by atoms with Gasteiger partial charge in [0.25, 0.3) is 5.91 Å². The van der Waals surface area contributed by atoms with E-state index in [-0.39, 0.29) is 5.91 Å². The van der Waals surface area contributed by atoms with Crippen molar-refractivity contribution in [2.45, 2.75) is 4.90 Å². The molecule has 3 nitrogen and oxygen atoms in total. The predicted octanol–water partition coefficient (Wildman–Crippen LogP) is 3.07. The molecule has 102 valence electrons. The highest BCUT2D eigenvalue weighted by Gasteiger charge is 2.26. The van der Waals surface area contributed by atoms with Crippen molar-refractivity contribution in [1.82, 2.24) is 0 Å². The van der Waals surface area contributed by atoms with Crippen LogP contribution in [0, 0.1) is 0 Å². The number of carbonyl (C=O) groups excluding carboxylic acids is 1. The second kappa shape index (κ2) is 5.21. The van der Waals surface area contributed by atoms with Gasteiger partial charge in [0.05, 0.1) is 16.9 Å². The number of hydrogen-bond donors (Lipinski definition) is 1. The van der Waals surface area contributed by atoms with Crippen LogP contribution in [0.25, 0.3) is 0 Å². The van der Waals surface area contributed by atoms with Crippen molar-refractivity contribution in [3.8, 4) is 0 Å². The zero-order chi connectivity index (χ0) is 14.1. The van der Waals surface area contributed by atoms with E-state index in [4.69, 9.17) is 0 Å². The minimum absolute atomic E-state index is 0.0103. The minimum Gasteiger partial charge on any atom is -0.371 e. The van der Waals surface area contributed by atoms with Gasteiger partial charge in [0, 0.05) is 25.0 Å². The fourth-order valence-corrected chi connectivity index (χ4v) is 2.77. The van der Waals surface area contributed by atoms with E-state index in [0.29, 0.717) is 17.0 Å². The van der Waals surface area contributed by atoms with Crippen molar-refractivity contribution in [3.63, 3.8) is 0 Å². The monoisotopic (exact) mass is 284 g/mol. The van der Waals surface area contributed by atoms with Crippen LogP contribution in [0.15, 0.2) is 53.4 Å². The van der Waals surface area contributed by atoms with Crippen molar-refractivity contribution in [3.05, 3.63) is 54.1 Å². The molecule has 0 atom stereocenters. The van der Waals surface area contributed by atoms with Crippen molar-refractivity contribution >= 4 is 29.9 Å². The van der Waals surface area contributed by atoms with Crippen LogP contribution in [0.4, 0.5) is 11.4 Å². The van der Waals surface area contributed by atoms with Gasteiger partial charge >= 0.3 is 0 Å². The Morgan fingerprint density at radius 1 is 1.00 bits per heavy atom. The number of amides is 1. The highest BCUT2D eigenvalue weighted by atomic mass is 32.1. The molecule has 1 aliphatic heterocycles. The number of carbonyl (C=O) groups is 1. The third kappa shape index (κ3) is 2.16. The molecule has 2 aromatic carbocycles. The van der Waals surface area contributed by atoms with E-state index in [9.17, 15) is 4.79 Å². The summed E-state index contributed by atoms with van der Waals surface area (Å²) in [5, 5.41) is 0. The Labute approximate surface area is 124 Å². The van der Waals surface area contributed by atoms with Crippen LogP contribution in [0.1, 0.15) is 10.4 Å². The first-order chi connectivity index (χ1) is 9.68. The molecule has 4 heteroatoms. The summed E-state index contributed by atoms with van der Waals surface area (Å²) in [6.45, 7) is 1.52. The molecule has 0 N–H and O–H groups in total. The summed E-state index contributed by atoms with van der Waals surface area (Å²) in [4.78, 5) is 17.5. The highest BCUT2D eigenvalue weighted by molar-refractivity contribution is 7.80. The SMILES string of the molecule is CN1CCN(C(=O)c2ccccc2S)c2ccccc21. The summed E-state index contributed by atoms with van der Waals surface area (Å²) in [5.41, 5.74) is 2.70. The fourth-order valence-electron chi connectivity index (χ4n) is 2.52. The minimum atomic E-state index is 0.0103. The van der Waals surface area contributed by atoms with Crippen LogP contribution in [0.3, 0.4) is 0 Å². The quantitative estimate of drug-likeness (QED) is 0.814. The molecule has 0 saturated heterocycles. The summed E-state index contributed by atoms with van der Waals surface area (Å²) < 4.78 is 0. The maximum Gasteiger partial charge on any atom is 0.259 e. The molecule has 2 aromatic rings. The lowest BCUT2D eigenvalue weighted by atomic mass is 10.1. The molecule has 0 bridgehead atoms. The molecular formula is C16H16N2OS. The van der Waals surface area contributed by atoms with Crippen molar-refractivity contribution in [2.24, 2.45) is 0 Å². The lowest BCUT2D eigenvalue weighted by molar-refractivity contribution is 0.0984. The van der Waals surface area contributed by atoms with Crippen LogP contribution in [-0.4, -0.2) is 26.0 Å². The van der Waals surface area contributed by atoms with Gasteiger partial charge < -0.3 is 9.80 Å². The van der Waals surface area contributed by atoms with Gasteiger partial charge in [-0.15, -0.1) is 12.6 Å². The van der Waals surface area contributed by atoms with Crippen LogP contribution in [0.5, 0.6) is 0 Å². The lowest BCUT2D eigenvalue weighted by Gasteiger charge is -2.35.